The van der Waals surface area contributed by atoms with Crippen LogP contribution < -0.4 is 23.8 Å². The lowest BCUT2D eigenvalue weighted by atomic mass is 10.0. The van der Waals surface area contributed by atoms with Crippen molar-refractivity contribution in [3.8, 4) is 17.2 Å². The fraction of sp³-hybridized carbons (Fsp3) is 0.316. The molecule has 0 unspecified atom stereocenters. The van der Waals surface area contributed by atoms with Crippen LogP contribution in [0.25, 0.3) is 0 Å². The number of nitrogens with one attached hydrogen (secondary N) is 1. The Morgan fingerprint density at radius 1 is 0.796 bits per heavy atom. The van der Waals surface area contributed by atoms with Crippen LogP contribution in [0.5, 0.6) is 17.2 Å². The summed E-state index contributed by atoms with van der Waals surface area (Å²) in [5.41, 5.74) is 2.63. The van der Waals surface area contributed by atoms with Gasteiger partial charge in [-0.05, 0) is 67.8 Å². The van der Waals surface area contributed by atoms with E-state index in [9.17, 15) is 18.0 Å². The number of rotatable bonds is 16. The molecule has 1 N–H and O–H groups in total. The molecule has 10 nitrogen and oxygen atoms in total. The average Bonchev–Trinajstić information content (AvgIpc) is 3.12. The largest absolute Gasteiger partial charge is 0.497 e. The number of hydrogen-bond donors (Lipinski definition) is 1. The molecule has 4 aromatic rings. The van der Waals surface area contributed by atoms with E-state index in [0.717, 1.165) is 15.4 Å². The van der Waals surface area contributed by atoms with E-state index in [-0.39, 0.29) is 35.5 Å². The van der Waals surface area contributed by atoms with E-state index in [0.29, 0.717) is 29.2 Å². The second-order valence-electron chi connectivity index (χ2n) is 11.8. The van der Waals surface area contributed by atoms with Crippen LogP contribution in [0.3, 0.4) is 0 Å². The number of benzene rings is 4. The number of methoxy groups -OCH3 is 3. The second kappa shape index (κ2) is 16.9. The molecule has 0 radical (unpaired) electrons. The van der Waals surface area contributed by atoms with Crippen molar-refractivity contribution in [3.05, 3.63) is 114 Å². The van der Waals surface area contributed by atoms with Crippen LogP contribution in [-0.4, -0.2) is 65.1 Å². The third-order valence-electron chi connectivity index (χ3n) is 8.30. The maximum atomic E-state index is 14.7. The summed E-state index contributed by atoms with van der Waals surface area (Å²) in [4.78, 5) is 30.2. The highest BCUT2D eigenvalue weighted by molar-refractivity contribution is 7.92. The minimum Gasteiger partial charge on any atom is -0.497 e. The van der Waals surface area contributed by atoms with E-state index in [1.54, 1.807) is 49.6 Å². The summed E-state index contributed by atoms with van der Waals surface area (Å²) in [7, 11) is 0.198. The van der Waals surface area contributed by atoms with E-state index < -0.39 is 28.5 Å². The lowest BCUT2D eigenvalue weighted by Crippen LogP contribution is -2.54. The number of nitrogens with zero attached hydrogens (tertiary/aromatic N) is 2. The van der Waals surface area contributed by atoms with Gasteiger partial charge in [-0.15, -0.1) is 0 Å². The number of hydrogen-bond acceptors (Lipinski definition) is 7. The Hall–Kier alpha value is -5.03. The topological polar surface area (TPSA) is 114 Å². The predicted molar refractivity (Wildman–Crippen MR) is 191 cm³/mol. The van der Waals surface area contributed by atoms with E-state index in [1.165, 1.54) is 37.3 Å². The zero-order valence-electron chi connectivity index (χ0n) is 28.9. The first-order chi connectivity index (χ1) is 23.5. The number of aryl methyl sites for hydroxylation is 1. The second-order valence-corrected chi connectivity index (χ2v) is 13.6. The van der Waals surface area contributed by atoms with Gasteiger partial charge < -0.3 is 24.4 Å². The molecular formula is C38H45N3O7S. The number of amides is 2. The Balaban J connectivity index is 1.86. The molecule has 0 bridgehead atoms. The molecule has 0 spiro atoms. The molecule has 11 heteroatoms. The van der Waals surface area contributed by atoms with Crippen LogP contribution in [-0.2, 0) is 32.6 Å². The summed E-state index contributed by atoms with van der Waals surface area (Å²) >= 11 is 0. The molecular weight excluding hydrogens is 642 g/mol. The van der Waals surface area contributed by atoms with Crippen molar-refractivity contribution in [2.24, 2.45) is 0 Å². The molecule has 0 aliphatic rings. The SMILES string of the molecule is CC[C@@H](C)NC(=O)[C@H](Cc1ccccc1)N(Cc1cccc(OC)c1)C(=O)CN(c1ccc(OC)c(OC)c1)S(=O)(=O)c1ccc(C)cc1. The molecule has 0 saturated heterocycles. The number of anilines is 1. The van der Waals surface area contributed by atoms with Crippen molar-refractivity contribution in [1.29, 1.82) is 0 Å². The fourth-order valence-electron chi connectivity index (χ4n) is 5.31. The molecule has 0 aromatic heterocycles. The van der Waals surface area contributed by atoms with E-state index in [4.69, 9.17) is 14.2 Å². The number of ether oxygens (including phenoxy) is 3. The van der Waals surface area contributed by atoms with Gasteiger partial charge in [0.1, 0.15) is 18.3 Å². The molecule has 0 aliphatic carbocycles. The third kappa shape index (κ3) is 9.32. The Bertz CT molecular complexity index is 1820. The van der Waals surface area contributed by atoms with Crippen LogP contribution in [0, 0.1) is 6.92 Å². The van der Waals surface area contributed by atoms with Crippen LogP contribution >= 0.6 is 0 Å². The van der Waals surface area contributed by atoms with Crippen LogP contribution in [0.2, 0.25) is 0 Å². The van der Waals surface area contributed by atoms with Gasteiger partial charge in [-0.2, -0.15) is 0 Å². The van der Waals surface area contributed by atoms with Gasteiger partial charge >= 0.3 is 0 Å². The van der Waals surface area contributed by atoms with E-state index in [1.807, 2.05) is 57.2 Å². The Labute approximate surface area is 289 Å². The summed E-state index contributed by atoms with van der Waals surface area (Å²) in [5, 5.41) is 3.05. The lowest BCUT2D eigenvalue weighted by Gasteiger charge is -2.34. The maximum Gasteiger partial charge on any atom is 0.264 e. The van der Waals surface area contributed by atoms with Gasteiger partial charge in [0.25, 0.3) is 10.0 Å². The summed E-state index contributed by atoms with van der Waals surface area (Å²) < 4.78 is 46.1. The zero-order valence-corrected chi connectivity index (χ0v) is 29.7. The molecule has 0 aliphatic heterocycles. The standard InChI is InChI=1S/C38H45N3O7S/c1-7-28(3)39-38(43)34(23-29-12-9-8-10-13-29)40(25-30-14-11-15-32(22-30)46-4)37(42)26-41(31-18-21-35(47-5)36(24-31)48-6)49(44,45)33-19-16-27(2)17-20-33/h8-22,24,28,34H,7,23,25-26H2,1-6H3,(H,39,43)/t28-,34+/m1/s1. The fourth-order valence-corrected chi connectivity index (χ4v) is 6.71. The van der Waals surface area contributed by atoms with Gasteiger partial charge in [-0.1, -0.05) is 67.1 Å². The molecule has 4 rings (SSSR count). The van der Waals surface area contributed by atoms with Crippen LogP contribution in [0.4, 0.5) is 5.69 Å². The summed E-state index contributed by atoms with van der Waals surface area (Å²) in [6, 6.07) is 26.6. The van der Waals surface area contributed by atoms with Gasteiger partial charge in [-0.3, -0.25) is 13.9 Å². The smallest absolute Gasteiger partial charge is 0.264 e. The van der Waals surface area contributed by atoms with Crippen molar-refractivity contribution < 1.29 is 32.2 Å². The van der Waals surface area contributed by atoms with Gasteiger partial charge in [0, 0.05) is 25.1 Å². The summed E-state index contributed by atoms with van der Waals surface area (Å²) in [6.45, 7) is 5.15. The summed E-state index contributed by atoms with van der Waals surface area (Å²) in [6.07, 6.45) is 0.898. The number of sulfonamides is 1. The zero-order chi connectivity index (χ0) is 35.6. The molecule has 260 valence electrons. The van der Waals surface area contributed by atoms with Crippen molar-refractivity contribution in [1.82, 2.24) is 10.2 Å². The highest BCUT2D eigenvalue weighted by Crippen LogP contribution is 2.34. The minimum absolute atomic E-state index is 0.00961. The van der Waals surface area contributed by atoms with Crippen LogP contribution in [0.1, 0.15) is 37.0 Å². The number of carbonyl (C=O) groups is 2. The normalized spacial score (nSPS) is 12.4. The van der Waals surface area contributed by atoms with Crippen LogP contribution in [0.15, 0.2) is 102 Å². The van der Waals surface area contributed by atoms with Crippen molar-refractivity contribution in [2.75, 3.05) is 32.2 Å². The quantitative estimate of drug-likeness (QED) is 0.159. The van der Waals surface area contributed by atoms with E-state index in [2.05, 4.69) is 5.32 Å². The van der Waals surface area contributed by atoms with Crippen molar-refractivity contribution >= 4 is 27.5 Å². The molecule has 2 amide bonds. The Kier molecular flexibility index (Phi) is 12.7. The molecule has 2 atom stereocenters. The van der Waals surface area contributed by atoms with Gasteiger partial charge in [0.05, 0.1) is 31.9 Å². The minimum atomic E-state index is -4.29. The maximum absolute atomic E-state index is 14.7. The van der Waals surface area contributed by atoms with Crippen molar-refractivity contribution in [2.45, 2.75) is 57.1 Å². The van der Waals surface area contributed by atoms with Gasteiger partial charge in [0.15, 0.2) is 11.5 Å². The first-order valence-corrected chi connectivity index (χ1v) is 17.5. The number of carbonyl (C=O) groups excluding carboxylic acids is 2. The molecule has 0 saturated carbocycles. The highest BCUT2D eigenvalue weighted by atomic mass is 32.2. The first-order valence-electron chi connectivity index (χ1n) is 16.1. The molecule has 49 heavy (non-hydrogen) atoms. The predicted octanol–water partition coefficient (Wildman–Crippen LogP) is 5.77. The lowest BCUT2D eigenvalue weighted by molar-refractivity contribution is -0.140. The molecule has 0 fully saturated rings. The van der Waals surface area contributed by atoms with Crippen molar-refractivity contribution in [3.63, 3.8) is 0 Å². The Morgan fingerprint density at radius 2 is 1.47 bits per heavy atom. The molecule has 4 aromatic carbocycles. The monoisotopic (exact) mass is 687 g/mol. The van der Waals surface area contributed by atoms with E-state index >= 15 is 0 Å². The third-order valence-corrected chi connectivity index (χ3v) is 10.1. The van der Waals surface area contributed by atoms with Gasteiger partial charge in [0.2, 0.25) is 11.8 Å². The Morgan fingerprint density at radius 3 is 2.10 bits per heavy atom. The van der Waals surface area contributed by atoms with Gasteiger partial charge in [-0.25, -0.2) is 8.42 Å². The highest BCUT2D eigenvalue weighted by Gasteiger charge is 2.35. The average molecular weight is 688 g/mol. The first kappa shape index (κ1) is 36.8. The summed E-state index contributed by atoms with van der Waals surface area (Å²) in [5.74, 6) is 0.360. The molecule has 0 heterocycles.